The molecular weight excluding hydrogens is 504 g/mol. The molecule has 0 atom stereocenters. The predicted molar refractivity (Wildman–Crippen MR) is 118 cm³/mol. The number of rotatable bonds is 4. The van der Waals surface area contributed by atoms with Crippen molar-refractivity contribution in [2.24, 2.45) is 4.99 Å². The lowest BCUT2D eigenvalue weighted by Gasteiger charge is -2.09. The molecule has 0 radical (unpaired) electrons. The Kier molecular flexibility index (Phi) is 5.29. The number of benzene rings is 3. The van der Waals surface area contributed by atoms with Crippen LogP contribution in [0.15, 0.2) is 66.9 Å². The van der Waals surface area contributed by atoms with Crippen LogP contribution in [0.5, 0.6) is 17.2 Å². The highest BCUT2D eigenvalue weighted by Gasteiger charge is 2.15. The number of nitrogens with zero attached hydrogens (tertiary/aromatic N) is 2. The summed E-state index contributed by atoms with van der Waals surface area (Å²) in [5.74, 6) is 0.612. The van der Waals surface area contributed by atoms with E-state index in [9.17, 15) is 10.2 Å². The monoisotopic (exact) mass is 516 g/mol. The van der Waals surface area contributed by atoms with Crippen LogP contribution in [0.1, 0.15) is 5.56 Å². The van der Waals surface area contributed by atoms with Gasteiger partial charge in [0.25, 0.3) is 0 Å². The standard InChI is InChI=1S/C21H14Br2N2O4/c1-28-18-9-14(22)19(23)13(20(18)27)10-24-11-6-7-16(26)12(8-11)21-25-15-4-2-3-5-17(15)29-21/h2-10,26-27H,1H3. The molecule has 0 aliphatic carbocycles. The summed E-state index contributed by atoms with van der Waals surface area (Å²) in [4.78, 5) is 8.84. The third kappa shape index (κ3) is 3.73. The molecule has 1 aromatic heterocycles. The van der Waals surface area contributed by atoms with E-state index < -0.39 is 0 Å². The number of ether oxygens (including phenoxy) is 1. The van der Waals surface area contributed by atoms with Gasteiger partial charge in [0.2, 0.25) is 5.89 Å². The highest BCUT2D eigenvalue weighted by molar-refractivity contribution is 9.13. The number of hydrogen-bond donors (Lipinski definition) is 2. The highest BCUT2D eigenvalue weighted by atomic mass is 79.9. The molecule has 1 heterocycles. The minimum Gasteiger partial charge on any atom is -0.507 e. The first-order valence-corrected chi connectivity index (χ1v) is 10.0. The van der Waals surface area contributed by atoms with Gasteiger partial charge in [-0.2, -0.15) is 0 Å². The molecule has 0 aliphatic rings. The SMILES string of the molecule is COc1cc(Br)c(Br)c(C=Nc2ccc(O)c(-c3nc4ccccc4o3)c2)c1O. The van der Waals surface area contributed by atoms with Gasteiger partial charge in [-0.15, -0.1) is 0 Å². The van der Waals surface area contributed by atoms with Gasteiger partial charge in [-0.3, -0.25) is 4.99 Å². The third-order valence-electron chi connectivity index (χ3n) is 4.26. The van der Waals surface area contributed by atoms with E-state index >= 15 is 0 Å². The summed E-state index contributed by atoms with van der Waals surface area (Å²) in [7, 11) is 1.48. The Bertz CT molecular complexity index is 1220. The Balaban J connectivity index is 1.74. The smallest absolute Gasteiger partial charge is 0.231 e. The topological polar surface area (TPSA) is 88.1 Å². The number of para-hydroxylation sites is 2. The minimum absolute atomic E-state index is 0.0312. The summed E-state index contributed by atoms with van der Waals surface area (Å²) >= 11 is 6.84. The van der Waals surface area contributed by atoms with Crippen molar-refractivity contribution in [2.75, 3.05) is 7.11 Å². The predicted octanol–water partition coefficient (Wildman–Crippen LogP) is 6.19. The van der Waals surface area contributed by atoms with Gasteiger partial charge in [-0.1, -0.05) is 12.1 Å². The Morgan fingerprint density at radius 3 is 2.66 bits per heavy atom. The number of phenolic OH excluding ortho intramolecular Hbond substituents is 2. The fourth-order valence-corrected chi connectivity index (χ4v) is 3.61. The Morgan fingerprint density at radius 1 is 1.10 bits per heavy atom. The summed E-state index contributed by atoms with van der Waals surface area (Å²) in [5, 5.41) is 20.7. The van der Waals surface area contributed by atoms with Crippen LogP contribution in [-0.4, -0.2) is 28.5 Å². The number of methoxy groups -OCH3 is 1. The largest absolute Gasteiger partial charge is 0.507 e. The average molecular weight is 518 g/mol. The van der Waals surface area contributed by atoms with Crippen molar-refractivity contribution < 1.29 is 19.4 Å². The molecule has 146 valence electrons. The Morgan fingerprint density at radius 2 is 1.90 bits per heavy atom. The van der Waals surface area contributed by atoms with Crippen LogP contribution in [0, 0.1) is 0 Å². The van der Waals surface area contributed by atoms with Gasteiger partial charge < -0.3 is 19.4 Å². The van der Waals surface area contributed by atoms with Gasteiger partial charge in [0, 0.05) is 15.2 Å². The second-order valence-electron chi connectivity index (χ2n) is 6.08. The number of aromatic nitrogens is 1. The van der Waals surface area contributed by atoms with Crippen molar-refractivity contribution in [3.05, 3.63) is 63.0 Å². The third-order valence-corrected chi connectivity index (χ3v) is 6.27. The van der Waals surface area contributed by atoms with E-state index in [2.05, 4.69) is 41.8 Å². The number of fused-ring (bicyclic) bond motifs is 1. The molecule has 0 amide bonds. The number of oxazole rings is 1. The lowest BCUT2D eigenvalue weighted by atomic mass is 10.1. The maximum absolute atomic E-state index is 10.4. The molecule has 6 nitrogen and oxygen atoms in total. The van der Waals surface area contributed by atoms with Crippen molar-refractivity contribution in [2.45, 2.75) is 0 Å². The van der Waals surface area contributed by atoms with Crippen LogP contribution >= 0.6 is 31.9 Å². The van der Waals surface area contributed by atoms with Crippen molar-refractivity contribution in [3.63, 3.8) is 0 Å². The quantitative estimate of drug-likeness (QED) is 0.315. The summed E-state index contributed by atoms with van der Waals surface area (Å²) in [6.07, 6.45) is 1.51. The van der Waals surface area contributed by atoms with E-state index in [1.54, 1.807) is 18.2 Å². The van der Waals surface area contributed by atoms with Crippen LogP contribution in [-0.2, 0) is 0 Å². The fraction of sp³-hybridized carbons (Fsp3) is 0.0476. The highest BCUT2D eigenvalue weighted by Crippen LogP contribution is 2.40. The molecule has 3 aromatic carbocycles. The second-order valence-corrected chi connectivity index (χ2v) is 7.73. The number of aliphatic imine (C=N–C) groups is 1. The van der Waals surface area contributed by atoms with Gasteiger partial charge in [-0.25, -0.2) is 4.98 Å². The van der Waals surface area contributed by atoms with Crippen LogP contribution in [0.4, 0.5) is 5.69 Å². The lowest BCUT2D eigenvalue weighted by Crippen LogP contribution is -1.92. The van der Waals surface area contributed by atoms with E-state index in [1.807, 2.05) is 24.3 Å². The number of hydrogen-bond acceptors (Lipinski definition) is 6. The molecule has 8 heteroatoms. The van der Waals surface area contributed by atoms with Crippen molar-refractivity contribution in [3.8, 4) is 28.7 Å². The van der Waals surface area contributed by atoms with Gasteiger partial charge in [0.15, 0.2) is 17.1 Å². The molecule has 0 fully saturated rings. The molecule has 2 N–H and O–H groups in total. The van der Waals surface area contributed by atoms with Gasteiger partial charge in [-0.05, 0) is 68.3 Å². The van der Waals surface area contributed by atoms with Crippen LogP contribution in [0.3, 0.4) is 0 Å². The lowest BCUT2D eigenvalue weighted by molar-refractivity contribution is 0.372. The summed E-state index contributed by atoms with van der Waals surface area (Å²) in [6, 6.07) is 13.9. The maximum Gasteiger partial charge on any atom is 0.231 e. The molecule has 4 rings (SSSR count). The molecule has 0 unspecified atom stereocenters. The average Bonchev–Trinajstić information content (AvgIpc) is 3.15. The summed E-state index contributed by atoms with van der Waals surface area (Å²) in [5.41, 5.74) is 2.75. The van der Waals surface area contributed by atoms with Crippen molar-refractivity contribution >= 4 is 54.9 Å². The van der Waals surface area contributed by atoms with Crippen LogP contribution < -0.4 is 4.74 Å². The molecule has 4 aromatic rings. The van der Waals surface area contributed by atoms with E-state index in [0.29, 0.717) is 48.5 Å². The molecule has 0 saturated carbocycles. The molecule has 0 aliphatic heterocycles. The molecule has 29 heavy (non-hydrogen) atoms. The van der Waals surface area contributed by atoms with Gasteiger partial charge in [0.1, 0.15) is 11.3 Å². The normalized spacial score (nSPS) is 11.4. The van der Waals surface area contributed by atoms with Crippen LogP contribution in [0.25, 0.3) is 22.6 Å². The first kappa shape index (κ1) is 19.5. The first-order valence-electron chi connectivity index (χ1n) is 8.46. The van der Waals surface area contributed by atoms with Crippen molar-refractivity contribution in [1.29, 1.82) is 0 Å². The number of aromatic hydroxyl groups is 2. The Hall–Kier alpha value is -2.84. The van der Waals surface area contributed by atoms with E-state index in [1.165, 1.54) is 19.4 Å². The molecule has 0 spiro atoms. The summed E-state index contributed by atoms with van der Waals surface area (Å²) in [6.45, 7) is 0. The number of phenols is 2. The minimum atomic E-state index is -0.0377. The molecular formula is C21H14Br2N2O4. The zero-order chi connectivity index (χ0) is 20.5. The number of halogens is 2. The second kappa shape index (κ2) is 7.88. The van der Waals surface area contributed by atoms with E-state index in [0.717, 1.165) is 0 Å². The Labute approximate surface area is 182 Å². The molecule has 0 bridgehead atoms. The summed E-state index contributed by atoms with van der Waals surface area (Å²) < 4.78 is 12.3. The fourth-order valence-electron chi connectivity index (χ4n) is 2.79. The first-order chi connectivity index (χ1) is 14.0. The zero-order valence-corrected chi connectivity index (χ0v) is 18.2. The van der Waals surface area contributed by atoms with Gasteiger partial charge in [0.05, 0.1) is 23.9 Å². The van der Waals surface area contributed by atoms with E-state index in [-0.39, 0.29) is 11.5 Å². The van der Waals surface area contributed by atoms with Gasteiger partial charge >= 0.3 is 0 Å². The maximum atomic E-state index is 10.4. The molecule has 0 saturated heterocycles. The zero-order valence-electron chi connectivity index (χ0n) is 15.1. The van der Waals surface area contributed by atoms with Crippen molar-refractivity contribution in [1.82, 2.24) is 4.98 Å². The van der Waals surface area contributed by atoms with E-state index in [4.69, 9.17) is 9.15 Å². The van der Waals surface area contributed by atoms with Crippen LogP contribution in [0.2, 0.25) is 0 Å².